The summed E-state index contributed by atoms with van der Waals surface area (Å²) in [5.74, 6) is 0.843. The lowest BCUT2D eigenvalue weighted by Crippen LogP contribution is -2.62. The van der Waals surface area contributed by atoms with Gasteiger partial charge in [0.2, 0.25) is 0 Å². The summed E-state index contributed by atoms with van der Waals surface area (Å²) in [6.45, 7) is 8.29. The predicted octanol–water partition coefficient (Wildman–Crippen LogP) is 1.67. The zero-order chi connectivity index (χ0) is 12.6. The van der Waals surface area contributed by atoms with E-state index in [1.807, 2.05) is 0 Å². The maximum atomic E-state index is 6.22. The summed E-state index contributed by atoms with van der Waals surface area (Å²) in [5, 5.41) is 0. The van der Waals surface area contributed by atoms with E-state index in [2.05, 4.69) is 16.7 Å². The van der Waals surface area contributed by atoms with Gasteiger partial charge in [0.15, 0.2) is 0 Å². The molecule has 0 aromatic heterocycles. The van der Waals surface area contributed by atoms with E-state index in [1.165, 1.54) is 64.7 Å². The van der Waals surface area contributed by atoms with Gasteiger partial charge in [-0.05, 0) is 31.6 Å². The molecule has 2 unspecified atom stereocenters. The molecule has 2 saturated carbocycles. The van der Waals surface area contributed by atoms with Crippen LogP contribution in [0.1, 0.15) is 45.4 Å². The molecule has 0 aromatic rings. The van der Waals surface area contributed by atoms with E-state index in [4.69, 9.17) is 5.73 Å². The van der Waals surface area contributed by atoms with Crippen LogP contribution in [0.5, 0.6) is 0 Å². The fourth-order valence-corrected chi connectivity index (χ4v) is 4.50. The second-order valence-electron chi connectivity index (χ2n) is 6.56. The molecule has 0 bridgehead atoms. The van der Waals surface area contributed by atoms with Crippen LogP contribution in [0.25, 0.3) is 0 Å². The monoisotopic (exact) mass is 251 g/mol. The standard InChI is InChI=1S/C15H29N3/c1-2-13-4-3-7-15(13,12-16)18-10-8-17(9-11-18)14-5-6-14/h13-14H,2-12,16H2,1H3. The maximum Gasteiger partial charge on any atom is 0.0360 e. The molecular weight excluding hydrogens is 222 g/mol. The van der Waals surface area contributed by atoms with Crippen LogP contribution in [-0.4, -0.2) is 54.1 Å². The molecule has 1 heterocycles. The minimum Gasteiger partial charge on any atom is -0.329 e. The van der Waals surface area contributed by atoms with Crippen molar-refractivity contribution < 1.29 is 0 Å². The van der Waals surface area contributed by atoms with Gasteiger partial charge in [-0.2, -0.15) is 0 Å². The topological polar surface area (TPSA) is 32.5 Å². The zero-order valence-corrected chi connectivity index (χ0v) is 11.9. The van der Waals surface area contributed by atoms with Gasteiger partial charge in [0.05, 0.1) is 0 Å². The summed E-state index contributed by atoms with van der Waals surface area (Å²) < 4.78 is 0. The number of piperazine rings is 1. The van der Waals surface area contributed by atoms with E-state index in [1.54, 1.807) is 0 Å². The third-order valence-corrected chi connectivity index (χ3v) is 5.78. The SMILES string of the molecule is CCC1CCCC1(CN)N1CCN(C2CC2)CC1. The van der Waals surface area contributed by atoms with Gasteiger partial charge in [0.25, 0.3) is 0 Å². The van der Waals surface area contributed by atoms with Gasteiger partial charge in [-0.15, -0.1) is 0 Å². The average Bonchev–Trinajstić information content (AvgIpc) is 3.18. The summed E-state index contributed by atoms with van der Waals surface area (Å²) in [6.07, 6.45) is 8.32. The number of nitrogens with two attached hydrogens (primary N) is 1. The second kappa shape index (κ2) is 5.10. The van der Waals surface area contributed by atoms with Gasteiger partial charge < -0.3 is 5.73 Å². The van der Waals surface area contributed by atoms with Crippen molar-refractivity contribution in [3.05, 3.63) is 0 Å². The molecule has 3 heteroatoms. The third-order valence-electron chi connectivity index (χ3n) is 5.78. The van der Waals surface area contributed by atoms with Crippen LogP contribution in [0, 0.1) is 5.92 Å². The van der Waals surface area contributed by atoms with Crippen LogP contribution in [0.4, 0.5) is 0 Å². The summed E-state index contributed by atoms with van der Waals surface area (Å²) in [6, 6.07) is 0.937. The first-order valence-electron chi connectivity index (χ1n) is 7.99. The number of rotatable bonds is 4. The smallest absolute Gasteiger partial charge is 0.0360 e. The summed E-state index contributed by atoms with van der Waals surface area (Å²) in [4.78, 5) is 5.46. The molecule has 1 saturated heterocycles. The van der Waals surface area contributed by atoms with Crippen molar-refractivity contribution in [2.75, 3.05) is 32.7 Å². The van der Waals surface area contributed by atoms with Crippen LogP contribution in [0.2, 0.25) is 0 Å². The average molecular weight is 251 g/mol. The Hall–Kier alpha value is -0.120. The molecular formula is C15H29N3. The Morgan fingerprint density at radius 3 is 2.39 bits per heavy atom. The van der Waals surface area contributed by atoms with E-state index in [9.17, 15) is 0 Å². The highest BCUT2D eigenvalue weighted by Crippen LogP contribution is 2.42. The molecule has 3 rings (SSSR count). The molecule has 2 aliphatic carbocycles. The first-order chi connectivity index (χ1) is 8.80. The molecule has 1 aliphatic heterocycles. The number of nitrogens with zero attached hydrogens (tertiary/aromatic N) is 2. The van der Waals surface area contributed by atoms with E-state index in [-0.39, 0.29) is 0 Å². The highest BCUT2D eigenvalue weighted by molar-refractivity contribution is 5.03. The predicted molar refractivity (Wildman–Crippen MR) is 75.6 cm³/mol. The Balaban J connectivity index is 1.65. The van der Waals surface area contributed by atoms with Crippen molar-refractivity contribution in [3.8, 4) is 0 Å². The maximum absolute atomic E-state index is 6.22. The lowest BCUT2D eigenvalue weighted by Gasteiger charge is -2.48. The van der Waals surface area contributed by atoms with Crippen molar-refractivity contribution in [3.63, 3.8) is 0 Å². The van der Waals surface area contributed by atoms with Crippen molar-refractivity contribution in [2.45, 2.75) is 57.0 Å². The Kier molecular flexibility index (Phi) is 3.65. The molecule has 104 valence electrons. The Bertz CT molecular complexity index is 281. The molecule has 0 aromatic carbocycles. The molecule has 0 spiro atoms. The fraction of sp³-hybridized carbons (Fsp3) is 1.00. The van der Waals surface area contributed by atoms with Crippen LogP contribution in [-0.2, 0) is 0 Å². The molecule has 0 amide bonds. The zero-order valence-electron chi connectivity index (χ0n) is 11.9. The Morgan fingerprint density at radius 2 is 1.83 bits per heavy atom. The molecule has 3 fully saturated rings. The molecule has 2 N–H and O–H groups in total. The van der Waals surface area contributed by atoms with Gasteiger partial charge in [-0.25, -0.2) is 0 Å². The van der Waals surface area contributed by atoms with Gasteiger partial charge in [0, 0.05) is 44.3 Å². The fourth-order valence-electron chi connectivity index (χ4n) is 4.50. The number of hydrogen-bond acceptors (Lipinski definition) is 3. The first-order valence-corrected chi connectivity index (χ1v) is 7.99. The molecule has 0 radical (unpaired) electrons. The minimum atomic E-state index is 0.352. The summed E-state index contributed by atoms with van der Waals surface area (Å²) in [5.41, 5.74) is 6.57. The van der Waals surface area contributed by atoms with Crippen molar-refractivity contribution in [1.29, 1.82) is 0 Å². The molecule has 3 nitrogen and oxygen atoms in total. The lowest BCUT2D eigenvalue weighted by molar-refractivity contribution is 0.00903. The van der Waals surface area contributed by atoms with Crippen molar-refractivity contribution >= 4 is 0 Å². The highest BCUT2D eigenvalue weighted by atomic mass is 15.3. The number of hydrogen-bond donors (Lipinski definition) is 1. The summed E-state index contributed by atoms with van der Waals surface area (Å²) >= 11 is 0. The van der Waals surface area contributed by atoms with Crippen molar-refractivity contribution in [2.24, 2.45) is 11.7 Å². The van der Waals surface area contributed by atoms with Gasteiger partial charge >= 0.3 is 0 Å². The van der Waals surface area contributed by atoms with E-state index in [0.717, 1.165) is 18.5 Å². The van der Waals surface area contributed by atoms with Crippen LogP contribution >= 0.6 is 0 Å². The summed E-state index contributed by atoms with van der Waals surface area (Å²) in [7, 11) is 0. The molecule has 18 heavy (non-hydrogen) atoms. The van der Waals surface area contributed by atoms with Crippen LogP contribution in [0.15, 0.2) is 0 Å². The van der Waals surface area contributed by atoms with Gasteiger partial charge in [-0.1, -0.05) is 19.8 Å². The Labute approximate surface area is 112 Å². The highest BCUT2D eigenvalue weighted by Gasteiger charge is 2.46. The van der Waals surface area contributed by atoms with Gasteiger partial charge in [0.1, 0.15) is 0 Å². The largest absolute Gasteiger partial charge is 0.329 e. The molecule has 2 atom stereocenters. The second-order valence-corrected chi connectivity index (χ2v) is 6.56. The van der Waals surface area contributed by atoms with Crippen LogP contribution < -0.4 is 5.73 Å². The first kappa shape index (κ1) is 12.9. The molecule has 3 aliphatic rings. The minimum absolute atomic E-state index is 0.352. The van der Waals surface area contributed by atoms with Crippen LogP contribution in [0.3, 0.4) is 0 Å². The van der Waals surface area contributed by atoms with Crippen molar-refractivity contribution in [1.82, 2.24) is 9.80 Å². The van der Waals surface area contributed by atoms with E-state index < -0.39 is 0 Å². The van der Waals surface area contributed by atoms with Gasteiger partial charge in [-0.3, -0.25) is 9.80 Å². The van der Waals surface area contributed by atoms with E-state index >= 15 is 0 Å². The Morgan fingerprint density at radius 1 is 1.11 bits per heavy atom. The van der Waals surface area contributed by atoms with E-state index in [0.29, 0.717) is 5.54 Å². The lowest BCUT2D eigenvalue weighted by atomic mass is 9.83. The normalized spacial score (nSPS) is 39.3. The third kappa shape index (κ3) is 2.10. The quantitative estimate of drug-likeness (QED) is 0.825.